The van der Waals surface area contributed by atoms with Crippen LogP contribution >= 0.6 is 0 Å². The average molecular weight is 469 g/mol. The van der Waals surface area contributed by atoms with E-state index >= 15 is 0 Å². The molecule has 0 aromatic heterocycles. The molecule has 1 saturated heterocycles. The highest BCUT2D eigenvalue weighted by Gasteiger charge is 2.23. The number of nitrogens with one attached hydrogen (secondary N) is 2. The third-order valence-electron chi connectivity index (χ3n) is 5.69. The number of carboxylic acids is 1. The molecule has 0 aliphatic carbocycles. The molecule has 1 aliphatic heterocycles. The molecule has 2 aromatic carbocycles. The minimum atomic E-state index is -1.06. The van der Waals surface area contributed by atoms with Gasteiger partial charge in [-0.25, -0.2) is 4.79 Å². The Bertz CT molecular complexity index is 1020. The van der Waals surface area contributed by atoms with Crippen molar-refractivity contribution in [1.82, 2.24) is 10.2 Å². The van der Waals surface area contributed by atoms with Gasteiger partial charge in [-0.2, -0.15) is 0 Å². The molecule has 2 aromatic rings. The van der Waals surface area contributed by atoms with Gasteiger partial charge in [-0.15, -0.1) is 0 Å². The SMILES string of the molecule is COCCCNC(=O)CN1CCN(c2ccc(NC(=O)c3cccc(C)c3)cc2C(=O)O)CC1. The molecule has 3 N–H and O–H groups in total. The molecule has 1 heterocycles. The maximum atomic E-state index is 12.5. The standard InChI is InChI=1S/C25H32N4O5/c1-18-5-3-6-19(15-18)24(31)27-20-7-8-22(21(16-20)25(32)33)29-12-10-28(11-13-29)17-23(30)26-9-4-14-34-2/h3,5-8,15-16H,4,9-14,17H2,1-2H3,(H,26,30)(H,27,31)(H,32,33). The number of ether oxygens (including phenoxy) is 1. The molecular weight excluding hydrogens is 436 g/mol. The lowest BCUT2D eigenvalue weighted by atomic mass is 10.1. The van der Waals surface area contributed by atoms with E-state index in [0.717, 1.165) is 12.0 Å². The number of carbonyl (C=O) groups excluding carboxylic acids is 2. The van der Waals surface area contributed by atoms with Gasteiger partial charge < -0.3 is 25.4 Å². The molecule has 0 spiro atoms. The number of methoxy groups -OCH3 is 1. The van der Waals surface area contributed by atoms with Crippen molar-refractivity contribution in [3.8, 4) is 0 Å². The minimum absolute atomic E-state index is 0.0236. The van der Waals surface area contributed by atoms with Crippen LogP contribution < -0.4 is 15.5 Å². The molecule has 9 nitrogen and oxygen atoms in total. The molecule has 0 saturated carbocycles. The molecule has 2 amide bonds. The van der Waals surface area contributed by atoms with Crippen LogP contribution in [0, 0.1) is 6.92 Å². The third-order valence-corrected chi connectivity index (χ3v) is 5.69. The second-order valence-electron chi connectivity index (χ2n) is 8.32. The van der Waals surface area contributed by atoms with Crippen LogP contribution in [0.4, 0.5) is 11.4 Å². The average Bonchev–Trinajstić information content (AvgIpc) is 2.82. The van der Waals surface area contributed by atoms with Crippen LogP contribution in [0.3, 0.4) is 0 Å². The van der Waals surface area contributed by atoms with Crippen LogP contribution in [-0.2, 0) is 9.53 Å². The van der Waals surface area contributed by atoms with Crippen LogP contribution in [-0.4, -0.2) is 80.8 Å². The van der Waals surface area contributed by atoms with Gasteiger partial charge >= 0.3 is 5.97 Å². The zero-order valence-electron chi connectivity index (χ0n) is 19.7. The lowest BCUT2D eigenvalue weighted by molar-refractivity contribution is -0.122. The number of rotatable bonds is 10. The van der Waals surface area contributed by atoms with E-state index in [4.69, 9.17) is 4.74 Å². The molecule has 0 bridgehead atoms. The summed E-state index contributed by atoms with van der Waals surface area (Å²) in [7, 11) is 1.63. The van der Waals surface area contributed by atoms with Gasteiger partial charge in [-0.05, 0) is 43.7 Å². The highest BCUT2D eigenvalue weighted by molar-refractivity contribution is 6.05. The van der Waals surface area contributed by atoms with E-state index in [1.54, 1.807) is 37.4 Å². The number of carboxylic acid groups (broad SMARTS) is 1. The largest absolute Gasteiger partial charge is 0.478 e. The van der Waals surface area contributed by atoms with Gasteiger partial charge in [0.05, 0.1) is 17.8 Å². The first-order valence-corrected chi connectivity index (χ1v) is 11.4. The summed E-state index contributed by atoms with van der Waals surface area (Å²) in [6.45, 7) is 5.92. The summed E-state index contributed by atoms with van der Waals surface area (Å²) in [5.41, 5.74) is 2.64. The first-order chi connectivity index (χ1) is 16.4. The lowest BCUT2D eigenvalue weighted by Crippen LogP contribution is -2.50. The van der Waals surface area contributed by atoms with Crippen LogP contribution in [0.1, 0.15) is 32.7 Å². The summed E-state index contributed by atoms with van der Waals surface area (Å²) >= 11 is 0. The number of anilines is 2. The quantitative estimate of drug-likeness (QED) is 0.459. The zero-order valence-corrected chi connectivity index (χ0v) is 19.7. The smallest absolute Gasteiger partial charge is 0.337 e. The van der Waals surface area contributed by atoms with Gasteiger partial charge in [0.25, 0.3) is 5.91 Å². The Balaban J connectivity index is 1.59. The second-order valence-corrected chi connectivity index (χ2v) is 8.32. The second kappa shape index (κ2) is 12.2. The molecular formula is C25H32N4O5. The Labute approximate surface area is 199 Å². The number of hydrogen-bond donors (Lipinski definition) is 3. The molecule has 1 aliphatic rings. The van der Waals surface area contributed by atoms with E-state index in [1.807, 2.05) is 17.9 Å². The fourth-order valence-electron chi connectivity index (χ4n) is 3.90. The molecule has 0 atom stereocenters. The third kappa shape index (κ3) is 7.03. The number of aryl methyl sites for hydroxylation is 1. The van der Waals surface area contributed by atoms with Gasteiger partial charge in [0.1, 0.15) is 0 Å². The summed E-state index contributed by atoms with van der Waals surface area (Å²) in [6, 6.07) is 12.1. The van der Waals surface area contributed by atoms with Crippen LogP contribution in [0.25, 0.3) is 0 Å². The van der Waals surface area contributed by atoms with E-state index in [9.17, 15) is 19.5 Å². The number of benzene rings is 2. The van der Waals surface area contributed by atoms with Gasteiger partial charge in [0, 0.05) is 57.7 Å². The predicted octanol–water partition coefficient (Wildman–Crippen LogP) is 2.22. The number of carbonyl (C=O) groups is 3. The van der Waals surface area contributed by atoms with Gasteiger partial charge in [-0.3, -0.25) is 14.5 Å². The van der Waals surface area contributed by atoms with Crippen LogP contribution in [0.15, 0.2) is 42.5 Å². The number of hydrogen-bond acceptors (Lipinski definition) is 6. The highest BCUT2D eigenvalue weighted by atomic mass is 16.5. The van der Waals surface area contributed by atoms with Gasteiger partial charge in [-0.1, -0.05) is 17.7 Å². The number of piperazine rings is 1. The van der Waals surface area contributed by atoms with Crippen molar-refractivity contribution >= 4 is 29.2 Å². The maximum absolute atomic E-state index is 12.5. The predicted molar refractivity (Wildman–Crippen MR) is 131 cm³/mol. The van der Waals surface area contributed by atoms with Crippen molar-refractivity contribution in [2.45, 2.75) is 13.3 Å². The van der Waals surface area contributed by atoms with Gasteiger partial charge in [0.15, 0.2) is 0 Å². The number of amides is 2. The summed E-state index contributed by atoms with van der Waals surface area (Å²) in [5.74, 6) is -1.37. The topological polar surface area (TPSA) is 111 Å². The Hall–Kier alpha value is -3.43. The van der Waals surface area contributed by atoms with Gasteiger partial charge in [0.2, 0.25) is 5.91 Å². The Kier molecular flexibility index (Phi) is 9.00. The maximum Gasteiger partial charge on any atom is 0.337 e. The molecule has 3 rings (SSSR count). The normalized spacial score (nSPS) is 14.0. The van der Waals surface area contributed by atoms with E-state index in [2.05, 4.69) is 15.5 Å². The van der Waals surface area contributed by atoms with Crippen molar-refractivity contribution < 1.29 is 24.2 Å². The van der Waals surface area contributed by atoms with Crippen LogP contribution in [0.2, 0.25) is 0 Å². The first kappa shape index (κ1) is 25.2. The van der Waals surface area contributed by atoms with Crippen molar-refractivity contribution in [3.63, 3.8) is 0 Å². The fraction of sp³-hybridized carbons (Fsp3) is 0.400. The summed E-state index contributed by atoms with van der Waals surface area (Å²) in [4.78, 5) is 40.7. The molecule has 34 heavy (non-hydrogen) atoms. The summed E-state index contributed by atoms with van der Waals surface area (Å²) < 4.78 is 4.97. The van der Waals surface area contributed by atoms with E-state index in [-0.39, 0.29) is 17.4 Å². The van der Waals surface area contributed by atoms with Crippen molar-refractivity contribution in [3.05, 3.63) is 59.2 Å². The van der Waals surface area contributed by atoms with Crippen LogP contribution in [0.5, 0.6) is 0 Å². The monoisotopic (exact) mass is 468 g/mol. The molecule has 0 radical (unpaired) electrons. The molecule has 1 fully saturated rings. The molecule has 182 valence electrons. The first-order valence-electron chi connectivity index (χ1n) is 11.4. The molecule has 9 heteroatoms. The van der Waals surface area contributed by atoms with Crippen molar-refractivity contribution in [1.29, 1.82) is 0 Å². The Morgan fingerprint density at radius 2 is 1.82 bits per heavy atom. The highest BCUT2D eigenvalue weighted by Crippen LogP contribution is 2.26. The van der Waals surface area contributed by atoms with Crippen molar-refractivity contribution in [2.24, 2.45) is 0 Å². The van der Waals surface area contributed by atoms with E-state index in [0.29, 0.717) is 62.8 Å². The number of aromatic carboxylic acids is 1. The molecule has 0 unspecified atom stereocenters. The van der Waals surface area contributed by atoms with Crippen molar-refractivity contribution in [2.75, 3.05) is 63.2 Å². The minimum Gasteiger partial charge on any atom is -0.478 e. The fourth-order valence-corrected chi connectivity index (χ4v) is 3.90. The number of nitrogens with zero attached hydrogens (tertiary/aromatic N) is 2. The Morgan fingerprint density at radius 1 is 1.06 bits per heavy atom. The van der Waals surface area contributed by atoms with E-state index in [1.165, 1.54) is 6.07 Å². The zero-order chi connectivity index (χ0) is 24.5. The lowest BCUT2D eigenvalue weighted by Gasteiger charge is -2.36. The van der Waals surface area contributed by atoms with E-state index < -0.39 is 5.97 Å². The summed E-state index contributed by atoms with van der Waals surface area (Å²) in [5, 5.41) is 15.5. The Morgan fingerprint density at radius 3 is 2.50 bits per heavy atom. The summed E-state index contributed by atoms with van der Waals surface area (Å²) in [6.07, 6.45) is 0.773.